The molecule has 1 heterocycles. The van der Waals surface area contributed by atoms with E-state index in [-0.39, 0.29) is 5.91 Å². The number of rotatable bonds is 7. The summed E-state index contributed by atoms with van der Waals surface area (Å²) in [7, 11) is 1.49. The first-order valence-corrected chi connectivity index (χ1v) is 9.19. The highest BCUT2D eigenvalue weighted by Crippen LogP contribution is 2.41. The van der Waals surface area contributed by atoms with Gasteiger partial charge in [0.2, 0.25) is 0 Å². The van der Waals surface area contributed by atoms with E-state index in [1.807, 2.05) is 13.8 Å². The second-order valence-electron chi connectivity index (χ2n) is 6.55. The van der Waals surface area contributed by atoms with Crippen molar-refractivity contribution >= 4 is 29.3 Å². The molecule has 5 nitrogen and oxygen atoms in total. The Kier molecular flexibility index (Phi) is 6.22. The van der Waals surface area contributed by atoms with Crippen LogP contribution in [0.15, 0.2) is 24.3 Å². The van der Waals surface area contributed by atoms with Crippen LogP contribution in [0.5, 0.6) is 0 Å². The monoisotopic (exact) mass is 364 g/mol. The SMILES string of the molecule is CCCCC1(CCCC)C(=O)N(C)N(C(=O)c2ccc(Cl)cc2)C1=O. The number of hydrogen-bond acceptors (Lipinski definition) is 3. The maximum atomic E-state index is 13.2. The predicted molar refractivity (Wildman–Crippen MR) is 96.9 cm³/mol. The van der Waals surface area contributed by atoms with Crippen molar-refractivity contribution in [3.05, 3.63) is 34.9 Å². The van der Waals surface area contributed by atoms with Crippen LogP contribution in [0.2, 0.25) is 5.02 Å². The predicted octanol–water partition coefficient (Wildman–Crippen LogP) is 4.06. The zero-order chi connectivity index (χ0) is 18.6. The first-order chi connectivity index (χ1) is 11.9. The molecule has 0 N–H and O–H groups in total. The van der Waals surface area contributed by atoms with Gasteiger partial charge >= 0.3 is 0 Å². The fourth-order valence-electron chi connectivity index (χ4n) is 3.28. The molecule has 1 aromatic carbocycles. The zero-order valence-corrected chi connectivity index (χ0v) is 15.8. The van der Waals surface area contributed by atoms with Crippen molar-refractivity contribution in [1.29, 1.82) is 0 Å². The molecule has 0 atom stereocenters. The van der Waals surface area contributed by atoms with E-state index in [0.717, 1.165) is 30.7 Å². The summed E-state index contributed by atoms with van der Waals surface area (Å²) in [5.74, 6) is -1.17. The summed E-state index contributed by atoms with van der Waals surface area (Å²) in [6.45, 7) is 4.05. The third-order valence-electron chi connectivity index (χ3n) is 4.80. The lowest BCUT2D eigenvalue weighted by atomic mass is 9.77. The van der Waals surface area contributed by atoms with Crippen molar-refractivity contribution in [3.8, 4) is 0 Å². The molecular weight excluding hydrogens is 340 g/mol. The number of unbranched alkanes of at least 4 members (excludes halogenated alkanes) is 2. The van der Waals surface area contributed by atoms with Crippen molar-refractivity contribution < 1.29 is 14.4 Å². The lowest BCUT2D eigenvalue weighted by Crippen LogP contribution is -2.43. The van der Waals surface area contributed by atoms with Gasteiger partial charge in [-0.05, 0) is 37.1 Å². The van der Waals surface area contributed by atoms with Gasteiger partial charge < -0.3 is 0 Å². The van der Waals surface area contributed by atoms with E-state index in [1.165, 1.54) is 12.1 Å². The molecular formula is C19H25ClN2O3. The van der Waals surface area contributed by atoms with Gasteiger partial charge in [0, 0.05) is 17.6 Å². The number of carbonyl (C=O) groups is 3. The number of hydrogen-bond donors (Lipinski definition) is 0. The van der Waals surface area contributed by atoms with E-state index in [2.05, 4.69) is 0 Å². The molecule has 1 aliphatic heterocycles. The lowest BCUT2D eigenvalue weighted by molar-refractivity contribution is -0.140. The first-order valence-electron chi connectivity index (χ1n) is 8.81. The number of halogens is 1. The van der Waals surface area contributed by atoms with Crippen LogP contribution >= 0.6 is 11.6 Å². The van der Waals surface area contributed by atoms with Gasteiger partial charge in [0.1, 0.15) is 5.41 Å². The third-order valence-corrected chi connectivity index (χ3v) is 5.05. The third kappa shape index (κ3) is 3.56. The molecule has 0 saturated carbocycles. The number of benzene rings is 1. The number of nitrogens with zero attached hydrogens (tertiary/aromatic N) is 2. The Morgan fingerprint density at radius 1 is 1.00 bits per heavy atom. The molecule has 0 aromatic heterocycles. The summed E-state index contributed by atoms with van der Waals surface area (Å²) in [6.07, 6.45) is 4.30. The molecule has 0 unspecified atom stereocenters. The van der Waals surface area contributed by atoms with Crippen LogP contribution in [0, 0.1) is 5.41 Å². The van der Waals surface area contributed by atoms with Crippen LogP contribution in [0.1, 0.15) is 62.7 Å². The van der Waals surface area contributed by atoms with Gasteiger partial charge in [-0.1, -0.05) is 51.1 Å². The maximum Gasteiger partial charge on any atom is 0.279 e. The molecule has 0 aliphatic carbocycles. The van der Waals surface area contributed by atoms with Crippen LogP contribution in [-0.4, -0.2) is 34.8 Å². The lowest BCUT2D eigenvalue weighted by Gasteiger charge is -2.23. The van der Waals surface area contributed by atoms with Crippen molar-refractivity contribution in [2.24, 2.45) is 5.41 Å². The molecule has 1 saturated heterocycles. The normalized spacial score (nSPS) is 16.6. The second-order valence-corrected chi connectivity index (χ2v) is 6.98. The van der Waals surface area contributed by atoms with Crippen LogP contribution in [0.25, 0.3) is 0 Å². The molecule has 0 radical (unpaired) electrons. The van der Waals surface area contributed by atoms with E-state index < -0.39 is 17.2 Å². The fourth-order valence-corrected chi connectivity index (χ4v) is 3.41. The van der Waals surface area contributed by atoms with E-state index in [0.29, 0.717) is 23.4 Å². The number of imide groups is 1. The Balaban J connectivity index is 2.36. The van der Waals surface area contributed by atoms with Crippen LogP contribution in [0.3, 0.4) is 0 Å². The highest BCUT2D eigenvalue weighted by molar-refractivity contribution is 6.30. The minimum atomic E-state index is -1.11. The van der Waals surface area contributed by atoms with Crippen LogP contribution in [0.4, 0.5) is 0 Å². The molecule has 1 aliphatic rings. The average Bonchev–Trinajstić information content (AvgIpc) is 2.79. The van der Waals surface area contributed by atoms with Gasteiger partial charge in [-0.2, -0.15) is 5.01 Å². The van der Waals surface area contributed by atoms with Gasteiger partial charge in [0.15, 0.2) is 0 Å². The minimum Gasteiger partial charge on any atom is -0.272 e. The summed E-state index contributed by atoms with van der Waals surface area (Å²) < 4.78 is 0. The summed E-state index contributed by atoms with van der Waals surface area (Å²) in [5.41, 5.74) is -0.776. The topological polar surface area (TPSA) is 57.7 Å². The molecule has 1 fully saturated rings. The van der Waals surface area contributed by atoms with Gasteiger partial charge in [-0.25, -0.2) is 5.01 Å². The van der Waals surface area contributed by atoms with Crippen molar-refractivity contribution in [2.75, 3.05) is 7.05 Å². The molecule has 136 valence electrons. The van der Waals surface area contributed by atoms with Crippen molar-refractivity contribution in [3.63, 3.8) is 0 Å². The van der Waals surface area contributed by atoms with E-state index in [4.69, 9.17) is 11.6 Å². The first kappa shape index (κ1) is 19.4. The van der Waals surface area contributed by atoms with Gasteiger partial charge in [-0.3, -0.25) is 14.4 Å². The quantitative estimate of drug-likeness (QED) is 0.541. The number of carbonyl (C=O) groups excluding carboxylic acids is 3. The summed E-state index contributed by atoms with van der Waals surface area (Å²) in [6, 6.07) is 6.32. The second kappa shape index (κ2) is 8.00. The van der Waals surface area contributed by atoms with Crippen LogP contribution in [-0.2, 0) is 9.59 Å². The molecule has 0 spiro atoms. The highest BCUT2D eigenvalue weighted by Gasteiger charge is 2.58. The Labute approximate surface area is 153 Å². The molecule has 1 aromatic rings. The van der Waals surface area contributed by atoms with E-state index in [9.17, 15) is 14.4 Å². The number of hydrazine groups is 1. The molecule has 3 amide bonds. The van der Waals surface area contributed by atoms with Gasteiger partial charge in [0.05, 0.1) is 0 Å². The molecule has 0 bridgehead atoms. The summed E-state index contributed by atoms with van der Waals surface area (Å²) >= 11 is 5.86. The molecule has 6 heteroatoms. The standard InChI is InChI=1S/C19H25ClN2O3/c1-4-6-12-19(13-7-5-2)17(24)21(3)22(18(19)25)16(23)14-8-10-15(20)11-9-14/h8-11H,4-7,12-13H2,1-3H3. The zero-order valence-electron chi connectivity index (χ0n) is 15.0. The summed E-state index contributed by atoms with van der Waals surface area (Å²) in [4.78, 5) is 38.9. The van der Waals surface area contributed by atoms with E-state index in [1.54, 1.807) is 24.3 Å². The maximum absolute atomic E-state index is 13.2. The van der Waals surface area contributed by atoms with Gasteiger partial charge in [-0.15, -0.1) is 0 Å². The number of amides is 3. The molecule has 25 heavy (non-hydrogen) atoms. The Morgan fingerprint density at radius 2 is 1.52 bits per heavy atom. The van der Waals surface area contributed by atoms with E-state index >= 15 is 0 Å². The highest BCUT2D eigenvalue weighted by atomic mass is 35.5. The minimum absolute atomic E-state index is 0.276. The Morgan fingerprint density at radius 3 is 2.00 bits per heavy atom. The Hall–Kier alpha value is -1.88. The van der Waals surface area contributed by atoms with Gasteiger partial charge in [0.25, 0.3) is 17.7 Å². The average molecular weight is 365 g/mol. The fraction of sp³-hybridized carbons (Fsp3) is 0.526. The smallest absolute Gasteiger partial charge is 0.272 e. The Bertz CT molecular complexity index is 649. The summed E-state index contributed by atoms with van der Waals surface area (Å²) in [5, 5.41) is 2.69. The largest absolute Gasteiger partial charge is 0.279 e. The van der Waals surface area contributed by atoms with Crippen molar-refractivity contribution in [1.82, 2.24) is 10.0 Å². The van der Waals surface area contributed by atoms with Crippen molar-refractivity contribution in [2.45, 2.75) is 52.4 Å². The molecule has 2 rings (SSSR count). The van der Waals surface area contributed by atoms with Crippen LogP contribution < -0.4 is 0 Å².